The minimum absolute atomic E-state index is 0.574. The Morgan fingerprint density at radius 2 is 1.90 bits per heavy atom. The summed E-state index contributed by atoms with van der Waals surface area (Å²) in [5, 5.41) is 10.7. The first-order valence-corrected chi connectivity index (χ1v) is 6.62. The summed E-state index contributed by atoms with van der Waals surface area (Å²) in [6, 6.07) is 16.3. The molecule has 3 nitrogen and oxygen atoms in total. The van der Waals surface area contributed by atoms with E-state index in [2.05, 4.69) is 28.1 Å². The average molecular weight is 259 g/mol. The molecule has 20 heavy (non-hydrogen) atoms. The summed E-state index contributed by atoms with van der Waals surface area (Å²) in [5.41, 5.74) is 3.31. The lowest BCUT2D eigenvalue weighted by Gasteiger charge is -2.20. The van der Waals surface area contributed by atoms with Gasteiger partial charge in [0.15, 0.2) is 0 Å². The van der Waals surface area contributed by atoms with Gasteiger partial charge in [-0.3, -0.25) is 10.4 Å². The maximum absolute atomic E-state index is 8.41. The first kappa shape index (κ1) is 11.2. The second-order valence-electron chi connectivity index (χ2n) is 4.97. The molecule has 0 unspecified atom stereocenters. The quantitative estimate of drug-likeness (QED) is 0.725. The number of nitrogens with zero attached hydrogens (tertiary/aromatic N) is 2. The van der Waals surface area contributed by atoms with Crippen molar-refractivity contribution in [2.45, 2.75) is 6.54 Å². The highest BCUT2D eigenvalue weighted by Gasteiger charge is 2.25. The third-order valence-corrected chi connectivity index (χ3v) is 3.82. The van der Waals surface area contributed by atoms with Crippen molar-refractivity contribution in [1.29, 1.82) is 5.41 Å². The average Bonchev–Trinajstić information content (AvgIpc) is 2.84. The largest absolute Gasteiger partial charge is 0.321 e. The molecule has 1 aliphatic heterocycles. The van der Waals surface area contributed by atoms with E-state index in [0.717, 1.165) is 28.6 Å². The number of hydrogen-bond donors (Lipinski definition) is 1. The normalized spacial score (nSPS) is 13.8. The van der Waals surface area contributed by atoms with Crippen molar-refractivity contribution < 1.29 is 0 Å². The van der Waals surface area contributed by atoms with Crippen LogP contribution < -0.4 is 4.90 Å². The maximum atomic E-state index is 8.41. The molecule has 2 aromatic carbocycles. The Labute approximate surface area is 117 Å². The molecular formula is C17H13N3. The SMILES string of the molecule is N=C1c2ccccc2CN1c1cccc2cnccc12. The van der Waals surface area contributed by atoms with Gasteiger partial charge in [0.1, 0.15) is 5.84 Å². The summed E-state index contributed by atoms with van der Waals surface area (Å²) < 4.78 is 0. The zero-order chi connectivity index (χ0) is 13.5. The second-order valence-corrected chi connectivity index (χ2v) is 4.97. The molecule has 0 saturated heterocycles. The highest BCUT2D eigenvalue weighted by atomic mass is 15.2. The van der Waals surface area contributed by atoms with Crippen LogP contribution >= 0.6 is 0 Å². The Hall–Kier alpha value is -2.68. The minimum Gasteiger partial charge on any atom is -0.321 e. The number of hydrogen-bond acceptors (Lipinski definition) is 2. The number of aromatic nitrogens is 1. The fourth-order valence-electron chi connectivity index (χ4n) is 2.83. The number of anilines is 1. The van der Waals surface area contributed by atoms with Crippen molar-refractivity contribution >= 4 is 22.3 Å². The Morgan fingerprint density at radius 1 is 1.00 bits per heavy atom. The third-order valence-electron chi connectivity index (χ3n) is 3.82. The van der Waals surface area contributed by atoms with Gasteiger partial charge in [-0.2, -0.15) is 0 Å². The van der Waals surface area contributed by atoms with E-state index in [1.54, 1.807) is 6.20 Å². The second kappa shape index (κ2) is 4.17. The number of amidine groups is 1. The molecule has 1 aromatic heterocycles. The summed E-state index contributed by atoms with van der Waals surface area (Å²) in [5.74, 6) is 0.574. The molecule has 3 heteroatoms. The van der Waals surface area contributed by atoms with Gasteiger partial charge < -0.3 is 4.90 Å². The van der Waals surface area contributed by atoms with E-state index in [0.29, 0.717) is 5.84 Å². The van der Waals surface area contributed by atoms with Crippen LogP contribution in [0.2, 0.25) is 0 Å². The van der Waals surface area contributed by atoms with Crippen molar-refractivity contribution in [2.24, 2.45) is 0 Å². The fraction of sp³-hybridized carbons (Fsp3) is 0.0588. The molecule has 0 aliphatic carbocycles. The van der Waals surface area contributed by atoms with E-state index in [1.165, 1.54) is 5.56 Å². The molecule has 0 fully saturated rings. The Balaban J connectivity index is 1.88. The van der Waals surface area contributed by atoms with Gasteiger partial charge in [0.05, 0.1) is 12.2 Å². The van der Waals surface area contributed by atoms with Crippen LogP contribution in [0.25, 0.3) is 10.8 Å². The Bertz CT molecular complexity index is 818. The van der Waals surface area contributed by atoms with Crippen LogP contribution in [0.5, 0.6) is 0 Å². The van der Waals surface area contributed by atoms with Gasteiger partial charge in [0, 0.05) is 28.7 Å². The van der Waals surface area contributed by atoms with Crippen LogP contribution in [0.3, 0.4) is 0 Å². The molecule has 1 N–H and O–H groups in total. The predicted octanol–water partition coefficient (Wildman–Crippen LogP) is 3.58. The molecule has 0 spiro atoms. The Kier molecular flexibility index (Phi) is 2.33. The van der Waals surface area contributed by atoms with Crippen LogP contribution in [-0.2, 0) is 6.54 Å². The summed E-state index contributed by atoms with van der Waals surface area (Å²) in [6.45, 7) is 0.760. The molecule has 0 amide bonds. The molecule has 0 bridgehead atoms. The van der Waals surface area contributed by atoms with E-state index in [1.807, 2.05) is 36.5 Å². The van der Waals surface area contributed by atoms with Crippen molar-refractivity contribution in [1.82, 2.24) is 4.98 Å². The number of pyridine rings is 1. The van der Waals surface area contributed by atoms with Gasteiger partial charge in [-0.05, 0) is 17.7 Å². The Morgan fingerprint density at radius 3 is 2.80 bits per heavy atom. The van der Waals surface area contributed by atoms with Gasteiger partial charge >= 0.3 is 0 Å². The molecule has 1 aliphatic rings. The first-order valence-electron chi connectivity index (χ1n) is 6.62. The van der Waals surface area contributed by atoms with Crippen molar-refractivity contribution in [3.05, 3.63) is 72.1 Å². The van der Waals surface area contributed by atoms with Crippen LogP contribution in [0.15, 0.2) is 60.9 Å². The first-order chi connectivity index (χ1) is 9.84. The van der Waals surface area contributed by atoms with Crippen LogP contribution in [0.4, 0.5) is 5.69 Å². The smallest absolute Gasteiger partial charge is 0.133 e. The molecule has 0 atom stereocenters. The van der Waals surface area contributed by atoms with Gasteiger partial charge in [-0.15, -0.1) is 0 Å². The molecule has 0 radical (unpaired) electrons. The van der Waals surface area contributed by atoms with Gasteiger partial charge in [-0.25, -0.2) is 0 Å². The molecule has 4 rings (SSSR count). The van der Waals surface area contributed by atoms with Crippen LogP contribution in [0, 0.1) is 5.41 Å². The highest BCUT2D eigenvalue weighted by molar-refractivity contribution is 6.15. The number of rotatable bonds is 1. The monoisotopic (exact) mass is 259 g/mol. The lowest BCUT2D eigenvalue weighted by atomic mass is 10.1. The van der Waals surface area contributed by atoms with E-state index < -0.39 is 0 Å². The molecule has 96 valence electrons. The fourth-order valence-corrected chi connectivity index (χ4v) is 2.83. The lowest BCUT2D eigenvalue weighted by Crippen LogP contribution is -2.23. The van der Waals surface area contributed by atoms with Crippen molar-refractivity contribution in [3.63, 3.8) is 0 Å². The predicted molar refractivity (Wildman–Crippen MR) is 81.2 cm³/mol. The summed E-state index contributed by atoms with van der Waals surface area (Å²) in [6.07, 6.45) is 3.67. The molecule has 3 aromatic rings. The number of benzene rings is 2. The van der Waals surface area contributed by atoms with E-state index in [-0.39, 0.29) is 0 Å². The zero-order valence-corrected chi connectivity index (χ0v) is 10.9. The van der Waals surface area contributed by atoms with E-state index in [4.69, 9.17) is 5.41 Å². The molecule has 0 saturated carbocycles. The topological polar surface area (TPSA) is 40.0 Å². The standard InChI is InChI=1S/C17H13N3/c18-17-15-6-2-1-4-13(15)11-20(17)16-7-3-5-12-10-19-9-8-14(12)16/h1-10,18H,11H2. The van der Waals surface area contributed by atoms with Gasteiger partial charge in [-0.1, -0.05) is 36.4 Å². The summed E-state index contributed by atoms with van der Waals surface area (Å²) in [4.78, 5) is 6.23. The van der Waals surface area contributed by atoms with Crippen LogP contribution in [0.1, 0.15) is 11.1 Å². The zero-order valence-electron chi connectivity index (χ0n) is 10.9. The third kappa shape index (κ3) is 1.53. The highest BCUT2D eigenvalue weighted by Crippen LogP contribution is 2.32. The number of nitrogens with one attached hydrogen (secondary N) is 1. The molecule has 2 heterocycles. The summed E-state index contributed by atoms with van der Waals surface area (Å²) in [7, 11) is 0. The van der Waals surface area contributed by atoms with E-state index >= 15 is 0 Å². The maximum Gasteiger partial charge on any atom is 0.133 e. The molecular weight excluding hydrogens is 246 g/mol. The van der Waals surface area contributed by atoms with Gasteiger partial charge in [0.25, 0.3) is 0 Å². The minimum atomic E-state index is 0.574. The van der Waals surface area contributed by atoms with E-state index in [9.17, 15) is 0 Å². The van der Waals surface area contributed by atoms with Crippen molar-refractivity contribution in [2.75, 3.05) is 4.90 Å². The van der Waals surface area contributed by atoms with Crippen molar-refractivity contribution in [3.8, 4) is 0 Å². The lowest BCUT2D eigenvalue weighted by molar-refractivity contribution is 1.05. The van der Waals surface area contributed by atoms with Gasteiger partial charge in [0.2, 0.25) is 0 Å². The van der Waals surface area contributed by atoms with Crippen LogP contribution in [-0.4, -0.2) is 10.8 Å². The number of fused-ring (bicyclic) bond motifs is 2. The summed E-state index contributed by atoms with van der Waals surface area (Å²) >= 11 is 0.